The van der Waals surface area contributed by atoms with Gasteiger partial charge in [-0.05, 0) is 69.8 Å². The molecule has 32 heavy (non-hydrogen) atoms. The number of aromatic nitrogens is 2. The molecule has 1 amide bonds. The smallest absolute Gasteiger partial charge is 0.263 e. The summed E-state index contributed by atoms with van der Waals surface area (Å²) >= 11 is 3.03. The zero-order valence-electron chi connectivity index (χ0n) is 19.4. The van der Waals surface area contributed by atoms with Gasteiger partial charge < -0.3 is 10.1 Å². The SMILES string of the molecule is CC(C)CC[C@H](C)NC(=O)CSc1nc2sc3c(c2c(=O)n1C[C@H]1CCCO1)CCCC3. The van der Waals surface area contributed by atoms with Gasteiger partial charge in [-0.2, -0.15) is 0 Å². The first-order chi connectivity index (χ1) is 15.4. The molecule has 1 N–H and O–H groups in total. The number of hydrogen-bond donors (Lipinski definition) is 1. The van der Waals surface area contributed by atoms with Crippen LogP contribution in [0, 0.1) is 5.92 Å². The van der Waals surface area contributed by atoms with Crippen molar-refractivity contribution in [2.24, 2.45) is 5.92 Å². The van der Waals surface area contributed by atoms with E-state index in [0.717, 1.165) is 61.8 Å². The van der Waals surface area contributed by atoms with Gasteiger partial charge in [0.05, 0.1) is 23.8 Å². The molecule has 0 bridgehead atoms. The van der Waals surface area contributed by atoms with Gasteiger partial charge in [-0.3, -0.25) is 14.2 Å². The molecule has 8 heteroatoms. The number of thiophene rings is 1. The topological polar surface area (TPSA) is 73.2 Å². The second-order valence-electron chi connectivity index (χ2n) is 9.56. The van der Waals surface area contributed by atoms with E-state index in [4.69, 9.17) is 9.72 Å². The monoisotopic (exact) mass is 477 g/mol. The zero-order valence-corrected chi connectivity index (χ0v) is 21.1. The van der Waals surface area contributed by atoms with Gasteiger partial charge in [0, 0.05) is 17.5 Å². The van der Waals surface area contributed by atoms with Crippen LogP contribution in [0.2, 0.25) is 0 Å². The lowest BCUT2D eigenvalue weighted by atomic mass is 9.97. The third kappa shape index (κ3) is 5.57. The van der Waals surface area contributed by atoms with Crippen molar-refractivity contribution >= 4 is 39.2 Å². The molecular weight excluding hydrogens is 442 g/mol. The Kier molecular flexibility index (Phi) is 7.95. The molecule has 2 aliphatic rings. The first-order valence-electron chi connectivity index (χ1n) is 12.0. The number of amides is 1. The number of ether oxygens (including phenoxy) is 1. The fourth-order valence-electron chi connectivity index (χ4n) is 4.59. The van der Waals surface area contributed by atoms with Crippen LogP contribution >= 0.6 is 23.1 Å². The minimum absolute atomic E-state index is 0.00487. The van der Waals surface area contributed by atoms with Crippen LogP contribution in [0.5, 0.6) is 0 Å². The molecule has 4 rings (SSSR count). The number of fused-ring (bicyclic) bond motifs is 3. The summed E-state index contributed by atoms with van der Waals surface area (Å²) in [6.45, 7) is 7.71. The number of carbonyl (C=O) groups is 1. The quantitative estimate of drug-likeness (QED) is 0.424. The maximum Gasteiger partial charge on any atom is 0.263 e. The fourth-order valence-corrected chi connectivity index (χ4v) is 6.71. The second-order valence-corrected chi connectivity index (χ2v) is 11.6. The van der Waals surface area contributed by atoms with E-state index in [1.165, 1.54) is 28.6 Å². The number of thioether (sulfide) groups is 1. The molecule has 0 unspecified atom stereocenters. The van der Waals surface area contributed by atoms with Gasteiger partial charge in [-0.1, -0.05) is 25.6 Å². The Morgan fingerprint density at radius 2 is 2.06 bits per heavy atom. The summed E-state index contributed by atoms with van der Waals surface area (Å²) in [6.07, 6.45) is 8.43. The van der Waals surface area contributed by atoms with Gasteiger partial charge in [0.1, 0.15) is 4.83 Å². The van der Waals surface area contributed by atoms with E-state index in [0.29, 0.717) is 17.6 Å². The maximum atomic E-state index is 13.6. The molecule has 1 saturated heterocycles. The van der Waals surface area contributed by atoms with Gasteiger partial charge in [-0.15, -0.1) is 11.3 Å². The van der Waals surface area contributed by atoms with Gasteiger partial charge in [0.25, 0.3) is 5.56 Å². The molecule has 1 aliphatic carbocycles. The summed E-state index contributed by atoms with van der Waals surface area (Å²) in [5, 5.41) is 4.54. The number of nitrogens with one attached hydrogen (secondary N) is 1. The van der Waals surface area contributed by atoms with E-state index in [1.54, 1.807) is 15.9 Å². The largest absolute Gasteiger partial charge is 0.376 e. The van der Waals surface area contributed by atoms with Crippen LogP contribution < -0.4 is 10.9 Å². The van der Waals surface area contributed by atoms with Crippen LogP contribution in [-0.2, 0) is 28.9 Å². The molecule has 1 aliphatic heterocycles. The van der Waals surface area contributed by atoms with Crippen LogP contribution in [0.25, 0.3) is 10.2 Å². The number of rotatable bonds is 9. The molecule has 176 valence electrons. The van der Waals surface area contributed by atoms with E-state index in [2.05, 4.69) is 26.1 Å². The van der Waals surface area contributed by atoms with E-state index in [1.807, 2.05) is 0 Å². The predicted octanol–water partition coefficient (Wildman–Crippen LogP) is 4.55. The molecule has 6 nitrogen and oxygen atoms in total. The van der Waals surface area contributed by atoms with Crippen molar-refractivity contribution in [1.82, 2.24) is 14.9 Å². The van der Waals surface area contributed by atoms with Crippen molar-refractivity contribution < 1.29 is 9.53 Å². The van der Waals surface area contributed by atoms with Crippen molar-refractivity contribution in [2.45, 2.75) is 96.0 Å². The Morgan fingerprint density at radius 1 is 1.25 bits per heavy atom. The van der Waals surface area contributed by atoms with Crippen molar-refractivity contribution in [3.63, 3.8) is 0 Å². The molecule has 2 atom stereocenters. The summed E-state index contributed by atoms with van der Waals surface area (Å²) in [6, 6.07) is 0.152. The first kappa shape index (κ1) is 23.8. The van der Waals surface area contributed by atoms with Gasteiger partial charge >= 0.3 is 0 Å². The van der Waals surface area contributed by atoms with Crippen molar-refractivity contribution in [2.75, 3.05) is 12.4 Å². The third-order valence-electron chi connectivity index (χ3n) is 6.37. The second kappa shape index (κ2) is 10.7. The summed E-state index contributed by atoms with van der Waals surface area (Å²) in [4.78, 5) is 33.2. The van der Waals surface area contributed by atoms with Crippen molar-refractivity contribution in [1.29, 1.82) is 0 Å². The van der Waals surface area contributed by atoms with E-state index < -0.39 is 0 Å². The lowest BCUT2D eigenvalue weighted by Gasteiger charge is -2.17. The molecule has 0 saturated carbocycles. The van der Waals surface area contributed by atoms with Gasteiger partial charge in [0.2, 0.25) is 5.91 Å². The summed E-state index contributed by atoms with van der Waals surface area (Å²) < 4.78 is 7.60. The molecule has 0 radical (unpaired) electrons. The lowest BCUT2D eigenvalue weighted by Crippen LogP contribution is -2.34. The average molecular weight is 478 g/mol. The Hall–Kier alpha value is -1.38. The van der Waals surface area contributed by atoms with Gasteiger partial charge in [-0.25, -0.2) is 4.98 Å². The molecule has 0 spiro atoms. The number of carbonyl (C=O) groups excluding carboxylic acids is 1. The highest BCUT2D eigenvalue weighted by Crippen LogP contribution is 2.35. The van der Waals surface area contributed by atoms with Crippen LogP contribution in [0.4, 0.5) is 0 Å². The number of nitrogens with zero attached hydrogens (tertiary/aromatic N) is 2. The Balaban J connectivity index is 1.55. The summed E-state index contributed by atoms with van der Waals surface area (Å²) in [5.41, 5.74) is 1.25. The summed E-state index contributed by atoms with van der Waals surface area (Å²) in [5.74, 6) is 0.888. The van der Waals surface area contributed by atoms with Crippen LogP contribution in [0.15, 0.2) is 9.95 Å². The molecule has 0 aromatic carbocycles. The summed E-state index contributed by atoms with van der Waals surface area (Å²) in [7, 11) is 0. The zero-order chi connectivity index (χ0) is 22.7. The highest BCUT2D eigenvalue weighted by atomic mass is 32.2. The van der Waals surface area contributed by atoms with E-state index in [9.17, 15) is 9.59 Å². The number of aryl methyl sites for hydroxylation is 2. The normalized spacial score (nSPS) is 19.4. The minimum Gasteiger partial charge on any atom is -0.376 e. The molecule has 1 fully saturated rings. The Labute approximate surface area is 198 Å². The van der Waals surface area contributed by atoms with Crippen LogP contribution in [0.1, 0.15) is 69.7 Å². The van der Waals surface area contributed by atoms with Crippen LogP contribution in [-0.4, -0.2) is 40.0 Å². The Morgan fingerprint density at radius 3 is 2.81 bits per heavy atom. The molecule has 2 aromatic rings. The first-order valence-corrected chi connectivity index (χ1v) is 13.8. The third-order valence-corrected chi connectivity index (χ3v) is 8.53. The Bertz CT molecular complexity index is 1010. The van der Waals surface area contributed by atoms with E-state index >= 15 is 0 Å². The maximum absolute atomic E-state index is 13.6. The fraction of sp³-hybridized carbons (Fsp3) is 0.708. The highest BCUT2D eigenvalue weighted by molar-refractivity contribution is 7.99. The highest BCUT2D eigenvalue weighted by Gasteiger charge is 2.25. The number of hydrogen-bond acceptors (Lipinski definition) is 6. The molecule has 2 aromatic heterocycles. The average Bonchev–Trinajstić information content (AvgIpc) is 3.40. The predicted molar refractivity (Wildman–Crippen MR) is 132 cm³/mol. The minimum atomic E-state index is -0.00487. The van der Waals surface area contributed by atoms with E-state index in [-0.39, 0.29) is 29.4 Å². The lowest BCUT2D eigenvalue weighted by molar-refractivity contribution is -0.119. The molecule has 3 heterocycles. The molecular formula is C24H35N3O3S2. The standard InChI is InChI=1S/C24H35N3O3S2/c1-15(2)10-11-16(3)25-20(28)14-31-24-26-22-21(18-8-4-5-9-19(18)32-22)23(29)27(24)13-17-7-6-12-30-17/h15-17H,4-14H2,1-3H3,(H,25,28)/t16-,17+/m0/s1. The van der Waals surface area contributed by atoms with Gasteiger partial charge in [0.15, 0.2) is 5.16 Å². The van der Waals surface area contributed by atoms with Crippen molar-refractivity contribution in [3.8, 4) is 0 Å². The van der Waals surface area contributed by atoms with Crippen molar-refractivity contribution in [3.05, 3.63) is 20.8 Å². The van der Waals surface area contributed by atoms with Crippen LogP contribution in [0.3, 0.4) is 0 Å².